The summed E-state index contributed by atoms with van der Waals surface area (Å²) in [6.07, 6.45) is 4.44. The Morgan fingerprint density at radius 3 is 3.17 bits per heavy atom. The van der Waals surface area contributed by atoms with Crippen molar-refractivity contribution in [1.82, 2.24) is 5.06 Å². The highest BCUT2D eigenvalue weighted by atomic mass is 16.7. The lowest BCUT2D eigenvalue weighted by molar-refractivity contribution is -0.134. The maximum Gasteiger partial charge on any atom is 0.126 e. The third kappa shape index (κ3) is 1.76. The van der Waals surface area contributed by atoms with Crippen LogP contribution in [0.15, 0.2) is 17.8 Å². The summed E-state index contributed by atoms with van der Waals surface area (Å²) in [5.74, 6) is 1.94. The molecule has 0 amide bonds. The van der Waals surface area contributed by atoms with Crippen molar-refractivity contribution in [3.8, 4) is 0 Å². The second-order valence-corrected chi connectivity index (χ2v) is 2.67. The van der Waals surface area contributed by atoms with Gasteiger partial charge in [0.05, 0.1) is 12.6 Å². The largest absolute Gasteiger partial charge is 0.274 e. The summed E-state index contributed by atoms with van der Waals surface area (Å²) in [6.45, 7) is 4.46. The molecule has 1 unspecified atom stereocenters. The van der Waals surface area contributed by atoms with E-state index in [0.717, 1.165) is 5.57 Å². The Morgan fingerprint density at radius 1 is 1.83 bits per heavy atom. The minimum atomic E-state index is 0.0208. The number of hydrogen-bond donors (Lipinski definition) is 0. The molecular weight excluding hydrogens is 154 g/mol. The minimum absolute atomic E-state index is 0.0208. The predicted octanol–water partition coefficient (Wildman–Crippen LogP) is 1.30. The van der Waals surface area contributed by atoms with Crippen molar-refractivity contribution in [1.29, 1.82) is 0 Å². The quantitative estimate of drug-likeness (QED) is 0.581. The van der Waals surface area contributed by atoms with Crippen LogP contribution in [0, 0.1) is 0 Å². The zero-order valence-electron chi connectivity index (χ0n) is 7.41. The van der Waals surface area contributed by atoms with Gasteiger partial charge in [0.1, 0.15) is 5.94 Å². The van der Waals surface area contributed by atoms with E-state index in [2.05, 4.69) is 0 Å². The molecule has 0 radical (unpaired) electrons. The molecule has 0 aromatic heterocycles. The number of hydroxylamine groups is 2. The van der Waals surface area contributed by atoms with E-state index in [4.69, 9.17) is 4.84 Å². The van der Waals surface area contributed by atoms with Crippen LogP contribution in [0.25, 0.3) is 0 Å². The van der Waals surface area contributed by atoms with Crippen LogP contribution in [-0.4, -0.2) is 23.7 Å². The first kappa shape index (κ1) is 9.04. The lowest BCUT2D eigenvalue weighted by atomic mass is 10.0. The normalized spacial score (nSPS) is 22.7. The fourth-order valence-corrected chi connectivity index (χ4v) is 1.17. The molecule has 0 fully saturated rings. The molecule has 1 heterocycles. The monoisotopic (exact) mass is 167 g/mol. The van der Waals surface area contributed by atoms with Crippen molar-refractivity contribution < 1.29 is 9.63 Å². The predicted molar refractivity (Wildman–Crippen MR) is 45.9 cm³/mol. The number of allylic oxidation sites excluding steroid dienone is 1. The average molecular weight is 167 g/mol. The summed E-state index contributed by atoms with van der Waals surface area (Å²) in [4.78, 5) is 15.7. The van der Waals surface area contributed by atoms with Gasteiger partial charge in [-0.2, -0.15) is 0 Å². The fraction of sp³-hybridized carbons (Fsp3) is 0.556. The van der Waals surface area contributed by atoms with Gasteiger partial charge in [-0.1, -0.05) is 6.08 Å². The lowest BCUT2D eigenvalue weighted by Crippen LogP contribution is -2.32. The van der Waals surface area contributed by atoms with Crippen molar-refractivity contribution in [3.05, 3.63) is 17.8 Å². The van der Waals surface area contributed by atoms with Gasteiger partial charge in [-0.05, 0) is 13.8 Å². The van der Waals surface area contributed by atoms with Crippen LogP contribution >= 0.6 is 0 Å². The van der Waals surface area contributed by atoms with E-state index in [1.807, 2.05) is 32.1 Å². The third-order valence-corrected chi connectivity index (χ3v) is 1.89. The Hall–Kier alpha value is -1.05. The first-order valence-corrected chi connectivity index (χ1v) is 4.11. The van der Waals surface area contributed by atoms with Gasteiger partial charge >= 0.3 is 0 Å². The summed E-state index contributed by atoms with van der Waals surface area (Å²) in [5, 5.41) is 1.68. The van der Waals surface area contributed by atoms with Gasteiger partial charge in [0.2, 0.25) is 0 Å². The van der Waals surface area contributed by atoms with Crippen LogP contribution in [0.3, 0.4) is 0 Å². The van der Waals surface area contributed by atoms with Gasteiger partial charge in [-0.15, -0.1) is 0 Å². The maximum absolute atomic E-state index is 10.4. The third-order valence-electron chi connectivity index (χ3n) is 1.89. The highest BCUT2D eigenvalue weighted by Gasteiger charge is 2.19. The summed E-state index contributed by atoms with van der Waals surface area (Å²) < 4.78 is 0. The highest BCUT2D eigenvalue weighted by molar-refractivity contribution is 5.55. The second-order valence-electron chi connectivity index (χ2n) is 2.67. The van der Waals surface area contributed by atoms with Crippen molar-refractivity contribution in [2.45, 2.75) is 26.3 Å². The second kappa shape index (κ2) is 4.10. The lowest BCUT2D eigenvalue weighted by Gasteiger charge is -2.29. The van der Waals surface area contributed by atoms with Gasteiger partial charge in [-0.25, -0.2) is 4.79 Å². The SMILES string of the molecule is CCON1C=CCC(=C=O)C1C. The van der Waals surface area contributed by atoms with Crippen LogP contribution in [0.1, 0.15) is 20.3 Å². The zero-order chi connectivity index (χ0) is 8.97. The molecule has 0 saturated carbocycles. The minimum Gasteiger partial charge on any atom is -0.274 e. The van der Waals surface area contributed by atoms with Crippen LogP contribution in [0.5, 0.6) is 0 Å². The number of carbonyl (C=O) groups excluding carboxylic acids is 1. The fourth-order valence-electron chi connectivity index (χ4n) is 1.17. The Labute approximate surface area is 72.3 Å². The molecule has 12 heavy (non-hydrogen) atoms. The molecule has 0 N–H and O–H groups in total. The van der Waals surface area contributed by atoms with Gasteiger partial charge in [0.15, 0.2) is 0 Å². The average Bonchev–Trinajstić information content (AvgIpc) is 2.09. The van der Waals surface area contributed by atoms with Crippen LogP contribution in [0.4, 0.5) is 0 Å². The van der Waals surface area contributed by atoms with Gasteiger partial charge in [0, 0.05) is 18.2 Å². The van der Waals surface area contributed by atoms with E-state index in [1.165, 1.54) is 0 Å². The van der Waals surface area contributed by atoms with Crippen LogP contribution in [-0.2, 0) is 9.63 Å². The molecule has 0 spiro atoms. The molecule has 1 rings (SSSR count). The Balaban J connectivity index is 2.71. The Bertz CT molecular complexity index is 229. The van der Waals surface area contributed by atoms with Crippen molar-refractivity contribution in [2.75, 3.05) is 6.61 Å². The van der Waals surface area contributed by atoms with Crippen molar-refractivity contribution in [3.63, 3.8) is 0 Å². The maximum atomic E-state index is 10.4. The smallest absolute Gasteiger partial charge is 0.126 e. The first-order valence-electron chi connectivity index (χ1n) is 4.11. The number of nitrogens with zero attached hydrogens (tertiary/aromatic N) is 1. The van der Waals surface area contributed by atoms with E-state index in [0.29, 0.717) is 13.0 Å². The molecule has 0 aromatic rings. The van der Waals surface area contributed by atoms with E-state index in [-0.39, 0.29) is 6.04 Å². The number of rotatable bonds is 2. The van der Waals surface area contributed by atoms with E-state index in [1.54, 1.807) is 5.06 Å². The topological polar surface area (TPSA) is 29.5 Å². The first-order chi connectivity index (χ1) is 5.79. The van der Waals surface area contributed by atoms with Crippen molar-refractivity contribution in [2.24, 2.45) is 0 Å². The molecule has 1 aliphatic heterocycles. The van der Waals surface area contributed by atoms with Gasteiger partial charge in [-0.3, -0.25) is 9.90 Å². The molecule has 1 atom stereocenters. The van der Waals surface area contributed by atoms with Crippen LogP contribution < -0.4 is 0 Å². The van der Waals surface area contributed by atoms with Crippen molar-refractivity contribution >= 4 is 5.94 Å². The highest BCUT2D eigenvalue weighted by Crippen LogP contribution is 2.18. The molecule has 0 aromatic carbocycles. The van der Waals surface area contributed by atoms with Crippen LogP contribution in [0.2, 0.25) is 0 Å². The molecule has 0 bridgehead atoms. The summed E-state index contributed by atoms with van der Waals surface area (Å²) in [5.41, 5.74) is 0.742. The summed E-state index contributed by atoms with van der Waals surface area (Å²) >= 11 is 0. The molecule has 0 saturated heterocycles. The molecule has 1 aliphatic rings. The summed E-state index contributed by atoms with van der Waals surface area (Å²) in [6, 6.07) is 0.0208. The van der Waals surface area contributed by atoms with Gasteiger partial charge in [0.25, 0.3) is 0 Å². The van der Waals surface area contributed by atoms with E-state index < -0.39 is 0 Å². The molecular formula is C9H13NO2. The Morgan fingerprint density at radius 2 is 2.58 bits per heavy atom. The zero-order valence-corrected chi connectivity index (χ0v) is 7.41. The molecule has 3 heteroatoms. The standard InChI is InChI=1S/C9H13NO2/c1-3-12-10-6-4-5-9(7-11)8(10)2/h4,6,8H,3,5H2,1-2H3. The molecule has 0 aliphatic carbocycles. The molecule has 3 nitrogen and oxygen atoms in total. The van der Waals surface area contributed by atoms with E-state index >= 15 is 0 Å². The molecule has 66 valence electrons. The van der Waals surface area contributed by atoms with E-state index in [9.17, 15) is 4.79 Å². The number of hydrogen-bond acceptors (Lipinski definition) is 3. The Kier molecular flexibility index (Phi) is 3.09. The summed E-state index contributed by atoms with van der Waals surface area (Å²) in [7, 11) is 0. The van der Waals surface area contributed by atoms with Gasteiger partial charge < -0.3 is 0 Å².